The summed E-state index contributed by atoms with van der Waals surface area (Å²) in [5.41, 5.74) is 0. The van der Waals surface area contributed by atoms with Crippen molar-refractivity contribution < 1.29 is 4.79 Å². The fourth-order valence-electron chi connectivity index (χ4n) is 3.03. The van der Waals surface area contributed by atoms with Crippen LogP contribution in [0.1, 0.15) is 14.5 Å². The van der Waals surface area contributed by atoms with Gasteiger partial charge in [-0.2, -0.15) is 0 Å². The Morgan fingerprint density at radius 2 is 1.88 bits per heavy atom. The Morgan fingerprint density at radius 1 is 1.08 bits per heavy atom. The summed E-state index contributed by atoms with van der Waals surface area (Å²) >= 11 is 9.83. The standard InChI is InChI=1S/C18H17ClN2OS2/c19-17-13-4-1-2-5-14(13)24-16(17)12-20-7-9-21(10-8-20)18(22)15-6-3-11-23-15/h1-6,11H,7-10,12H2. The molecule has 0 radical (unpaired) electrons. The summed E-state index contributed by atoms with van der Waals surface area (Å²) in [6, 6.07) is 12.1. The second kappa shape index (κ2) is 6.84. The van der Waals surface area contributed by atoms with Crippen LogP contribution < -0.4 is 0 Å². The van der Waals surface area contributed by atoms with Crippen LogP contribution in [0.25, 0.3) is 10.1 Å². The van der Waals surface area contributed by atoms with Crippen molar-refractivity contribution in [2.45, 2.75) is 6.54 Å². The van der Waals surface area contributed by atoms with Crippen LogP contribution in [0.3, 0.4) is 0 Å². The molecule has 0 aliphatic carbocycles. The number of rotatable bonds is 3. The molecule has 3 heterocycles. The lowest BCUT2D eigenvalue weighted by Crippen LogP contribution is -2.48. The molecule has 124 valence electrons. The summed E-state index contributed by atoms with van der Waals surface area (Å²) in [5.74, 6) is 0.157. The lowest BCUT2D eigenvalue weighted by molar-refractivity contribution is 0.0634. The number of fused-ring (bicyclic) bond motifs is 1. The van der Waals surface area contributed by atoms with Gasteiger partial charge in [0.15, 0.2) is 0 Å². The van der Waals surface area contributed by atoms with Crippen molar-refractivity contribution in [2.24, 2.45) is 0 Å². The van der Waals surface area contributed by atoms with E-state index >= 15 is 0 Å². The Morgan fingerprint density at radius 3 is 2.58 bits per heavy atom. The Bertz CT molecular complexity index is 851. The number of piperazine rings is 1. The van der Waals surface area contributed by atoms with E-state index < -0.39 is 0 Å². The molecule has 1 aromatic carbocycles. The second-order valence-electron chi connectivity index (χ2n) is 5.88. The largest absolute Gasteiger partial charge is 0.335 e. The molecule has 2 aromatic heterocycles. The fraction of sp³-hybridized carbons (Fsp3) is 0.278. The summed E-state index contributed by atoms with van der Waals surface area (Å²) in [5, 5.41) is 3.98. The Kier molecular flexibility index (Phi) is 4.59. The molecule has 0 unspecified atom stereocenters. The third-order valence-corrected chi connectivity index (χ3v) is 6.92. The molecular formula is C18H17ClN2OS2. The summed E-state index contributed by atoms with van der Waals surface area (Å²) in [6.45, 7) is 4.20. The first kappa shape index (κ1) is 16.1. The number of carbonyl (C=O) groups is 1. The van der Waals surface area contributed by atoms with Crippen LogP contribution >= 0.6 is 34.3 Å². The molecule has 3 aromatic rings. The zero-order chi connectivity index (χ0) is 16.5. The number of thiophene rings is 2. The molecular weight excluding hydrogens is 360 g/mol. The predicted octanol–water partition coefficient (Wildman–Crippen LogP) is 4.57. The van der Waals surface area contributed by atoms with Gasteiger partial charge >= 0.3 is 0 Å². The number of amides is 1. The van der Waals surface area contributed by atoms with E-state index in [4.69, 9.17) is 11.6 Å². The lowest BCUT2D eigenvalue weighted by Gasteiger charge is -2.34. The highest BCUT2D eigenvalue weighted by Crippen LogP contribution is 2.36. The Labute approximate surface area is 154 Å². The summed E-state index contributed by atoms with van der Waals surface area (Å²) < 4.78 is 1.24. The van der Waals surface area contributed by atoms with Crippen molar-refractivity contribution in [3.8, 4) is 0 Å². The van der Waals surface area contributed by atoms with E-state index in [2.05, 4.69) is 17.0 Å². The van der Waals surface area contributed by atoms with Crippen molar-refractivity contribution in [3.63, 3.8) is 0 Å². The van der Waals surface area contributed by atoms with Crippen LogP contribution in [0, 0.1) is 0 Å². The molecule has 1 aliphatic rings. The van der Waals surface area contributed by atoms with Gasteiger partial charge in [-0.15, -0.1) is 22.7 Å². The number of nitrogens with zero attached hydrogens (tertiary/aromatic N) is 2. The number of carbonyl (C=O) groups excluding carboxylic acids is 1. The van der Waals surface area contributed by atoms with E-state index in [0.29, 0.717) is 0 Å². The molecule has 1 amide bonds. The summed E-state index contributed by atoms with van der Waals surface area (Å²) in [7, 11) is 0. The van der Waals surface area contributed by atoms with Crippen molar-refractivity contribution in [3.05, 3.63) is 56.6 Å². The maximum atomic E-state index is 12.4. The van der Waals surface area contributed by atoms with Gasteiger partial charge in [0.1, 0.15) is 0 Å². The van der Waals surface area contributed by atoms with E-state index in [0.717, 1.165) is 48.0 Å². The molecule has 0 saturated carbocycles. The zero-order valence-corrected chi connectivity index (χ0v) is 15.5. The molecule has 1 aliphatic heterocycles. The Balaban J connectivity index is 1.41. The first-order chi connectivity index (χ1) is 11.7. The second-order valence-corrected chi connectivity index (χ2v) is 8.34. The summed E-state index contributed by atoms with van der Waals surface area (Å²) in [6.07, 6.45) is 0. The predicted molar refractivity (Wildman–Crippen MR) is 102 cm³/mol. The van der Waals surface area contributed by atoms with Gasteiger partial charge in [0, 0.05) is 47.7 Å². The van der Waals surface area contributed by atoms with Gasteiger partial charge in [0.2, 0.25) is 0 Å². The minimum Gasteiger partial charge on any atom is -0.335 e. The molecule has 4 rings (SSSR count). The number of benzene rings is 1. The summed E-state index contributed by atoms with van der Waals surface area (Å²) in [4.78, 5) is 18.8. The molecule has 24 heavy (non-hydrogen) atoms. The van der Waals surface area contributed by atoms with Crippen molar-refractivity contribution in [2.75, 3.05) is 26.2 Å². The van der Waals surface area contributed by atoms with E-state index in [1.165, 1.54) is 20.9 Å². The Hall–Kier alpha value is -1.40. The molecule has 1 fully saturated rings. The number of hydrogen-bond acceptors (Lipinski definition) is 4. The van der Waals surface area contributed by atoms with E-state index in [1.807, 2.05) is 34.5 Å². The molecule has 0 atom stereocenters. The number of halogens is 1. The highest BCUT2D eigenvalue weighted by molar-refractivity contribution is 7.19. The zero-order valence-electron chi connectivity index (χ0n) is 13.1. The molecule has 0 N–H and O–H groups in total. The van der Waals surface area contributed by atoms with E-state index in [9.17, 15) is 4.79 Å². The maximum Gasteiger partial charge on any atom is 0.264 e. The van der Waals surface area contributed by atoms with Crippen LogP contribution in [0.15, 0.2) is 41.8 Å². The first-order valence-electron chi connectivity index (χ1n) is 7.93. The van der Waals surface area contributed by atoms with Crippen LogP contribution in [-0.4, -0.2) is 41.9 Å². The van der Waals surface area contributed by atoms with Crippen LogP contribution in [-0.2, 0) is 6.54 Å². The highest BCUT2D eigenvalue weighted by Gasteiger charge is 2.23. The molecule has 1 saturated heterocycles. The maximum absolute atomic E-state index is 12.4. The van der Waals surface area contributed by atoms with E-state index in [-0.39, 0.29) is 5.91 Å². The third-order valence-electron chi connectivity index (χ3n) is 4.36. The van der Waals surface area contributed by atoms with Gasteiger partial charge in [-0.05, 0) is 17.5 Å². The van der Waals surface area contributed by atoms with Crippen LogP contribution in [0.4, 0.5) is 0 Å². The van der Waals surface area contributed by atoms with Crippen LogP contribution in [0.5, 0.6) is 0 Å². The first-order valence-corrected chi connectivity index (χ1v) is 10.0. The average Bonchev–Trinajstić information content (AvgIpc) is 3.25. The minimum atomic E-state index is 0.157. The monoisotopic (exact) mass is 376 g/mol. The van der Waals surface area contributed by atoms with Gasteiger partial charge in [-0.25, -0.2) is 0 Å². The smallest absolute Gasteiger partial charge is 0.264 e. The van der Waals surface area contributed by atoms with Crippen molar-refractivity contribution in [1.82, 2.24) is 9.80 Å². The van der Waals surface area contributed by atoms with Gasteiger partial charge in [-0.3, -0.25) is 9.69 Å². The van der Waals surface area contributed by atoms with Gasteiger partial charge in [0.05, 0.1) is 9.90 Å². The topological polar surface area (TPSA) is 23.6 Å². The molecule has 0 spiro atoms. The SMILES string of the molecule is O=C(c1cccs1)N1CCN(Cc2sc3ccccc3c2Cl)CC1. The normalized spacial score (nSPS) is 16.0. The fourth-order valence-corrected chi connectivity index (χ4v) is 5.26. The molecule has 0 bridgehead atoms. The van der Waals surface area contributed by atoms with Crippen molar-refractivity contribution >= 4 is 50.3 Å². The van der Waals surface area contributed by atoms with Gasteiger partial charge in [-0.1, -0.05) is 35.9 Å². The average molecular weight is 377 g/mol. The molecule has 3 nitrogen and oxygen atoms in total. The highest BCUT2D eigenvalue weighted by atomic mass is 35.5. The lowest BCUT2D eigenvalue weighted by atomic mass is 10.2. The van der Waals surface area contributed by atoms with Crippen LogP contribution in [0.2, 0.25) is 5.02 Å². The molecule has 6 heteroatoms. The van der Waals surface area contributed by atoms with Gasteiger partial charge in [0.25, 0.3) is 5.91 Å². The minimum absolute atomic E-state index is 0.157. The quantitative estimate of drug-likeness (QED) is 0.668. The third kappa shape index (κ3) is 3.09. The van der Waals surface area contributed by atoms with E-state index in [1.54, 1.807) is 11.3 Å². The van der Waals surface area contributed by atoms with Gasteiger partial charge < -0.3 is 4.90 Å². The van der Waals surface area contributed by atoms with Crippen molar-refractivity contribution in [1.29, 1.82) is 0 Å². The number of hydrogen-bond donors (Lipinski definition) is 0.